The lowest BCUT2D eigenvalue weighted by molar-refractivity contribution is 0.116. The molecule has 1 N–H and O–H groups in total. The molecule has 2 rings (SSSR count). The van der Waals surface area contributed by atoms with Crippen LogP contribution in [0.15, 0.2) is 27.2 Å². The number of aliphatic hydroxyl groups excluding tert-OH is 1. The van der Waals surface area contributed by atoms with Crippen LogP contribution in [-0.2, 0) is 6.42 Å². The summed E-state index contributed by atoms with van der Waals surface area (Å²) in [6.45, 7) is 5.94. The van der Waals surface area contributed by atoms with Crippen molar-refractivity contribution in [3.05, 3.63) is 34.1 Å². The van der Waals surface area contributed by atoms with Gasteiger partial charge >= 0.3 is 0 Å². The number of rotatable bonds is 4. The van der Waals surface area contributed by atoms with Crippen LogP contribution in [0, 0.1) is 12.8 Å². The molecule has 1 aromatic carbocycles. The first-order valence-electron chi connectivity index (χ1n) is 6.24. The van der Waals surface area contributed by atoms with Crippen LogP contribution in [0.3, 0.4) is 0 Å². The van der Waals surface area contributed by atoms with Gasteiger partial charge in [0.2, 0.25) is 11.7 Å². The molecular formula is C14H17BrN2O2. The van der Waals surface area contributed by atoms with Gasteiger partial charge in [0.05, 0.1) is 12.5 Å². The third-order valence-corrected chi connectivity index (χ3v) is 3.64. The smallest absolute Gasteiger partial charge is 0.229 e. The highest BCUT2D eigenvalue weighted by molar-refractivity contribution is 9.10. The molecular weight excluding hydrogens is 308 g/mol. The zero-order chi connectivity index (χ0) is 14.0. The molecule has 1 aromatic heterocycles. The Balaban J connectivity index is 2.21. The Bertz CT molecular complexity index is 566. The fraction of sp³-hybridized carbons (Fsp3) is 0.429. The van der Waals surface area contributed by atoms with Crippen molar-refractivity contribution in [2.75, 3.05) is 0 Å². The highest BCUT2D eigenvalue weighted by Gasteiger charge is 2.16. The first-order valence-corrected chi connectivity index (χ1v) is 7.04. The van der Waals surface area contributed by atoms with Gasteiger partial charge in [0.15, 0.2) is 0 Å². The zero-order valence-corrected chi connectivity index (χ0v) is 12.8. The number of aromatic nitrogens is 2. The van der Waals surface area contributed by atoms with Crippen molar-refractivity contribution in [2.24, 2.45) is 5.92 Å². The maximum absolute atomic E-state index is 9.81. The van der Waals surface area contributed by atoms with Gasteiger partial charge < -0.3 is 9.63 Å². The van der Waals surface area contributed by atoms with Gasteiger partial charge in [-0.1, -0.05) is 41.0 Å². The molecule has 0 amide bonds. The molecule has 4 nitrogen and oxygen atoms in total. The topological polar surface area (TPSA) is 59.2 Å². The molecule has 0 fully saturated rings. The molecule has 0 radical (unpaired) electrons. The molecule has 102 valence electrons. The third-order valence-electron chi connectivity index (χ3n) is 2.99. The summed E-state index contributed by atoms with van der Waals surface area (Å²) in [5, 5.41) is 13.8. The monoisotopic (exact) mass is 324 g/mol. The van der Waals surface area contributed by atoms with Crippen LogP contribution in [0.1, 0.15) is 25.3 Å². The lowest BCUT2D eigenvalue weighted by Gasteiger charge is -2.10. The van der Waals surface area contributed by atoms with E-state index in [9.17, 15) is 5.11 Å². The van der Waals surface area contributed by atoms with Gasteiger partial charge in [-0.05, 0) is 30.5 Å². The number of aliphatic hydroxyl groups is 1. The van der Waals surface area contributed by atoms with E-state index in [1.807, 2.05) is 39.0 Å². The highest BCUT2D eigenvalue weighted by Crippen LogP contribution is 2.27. The van der Waals surface area contributed by atoms with Crippen LogP contribution < -0.4 is 0 Å². The van der Waals surface area contributed by atoms with Crippen molar-refractivity contribution < 1.29 is 9.63 Å². The Morgan fingerprint density at radius 3 is 2.74 bits per heavy atom. The quantitative estimate of drug-likeness (QED) is 0.936. The predicted octanol–water partition coefficient (Wildman–Crippen LogP) is 3.37. The van der Waals surface area contributed by atoms with Crippen molar-refractivity contribution in [2.45, 2.75) is 33.3 Å². The number of benzene rings is 1. The molecule has 19 heavy (non-hydrogen) atoms. The van der Waals surface area contributed by atoms with Crippen molar-refractivity contribution in [1.29, 1.82) is 0 Å². The summed E-state index contributed by atoms with van der Waals surface area (Å²) in [4.78, 5) is 4.33. The fourth-order valence-corrected chi connectivity index (χ4v) is 2.33. The average molecular weight is 325 g/mol. The van der Waals surface area contributed by atoms with Crippen molar-refractivity contribution >= 4 is 15.9 Å². The summed E-state index contributed by atoms with van der Waals surface area (Å²) in [5.41, 5.74) is 2.05. The van der Waals surface area contributed by atoms with Gasteiger partial charge in [0.1, 0.15) is 0 Å². The minimum absolute atomic E-state index is 0.168. The molecule has 1 atom stereocenters. The second kappa shape index (κ2) is 5.84. The van der Waals surface area contributed by atoms with E-state index in [0.717, 1.165) is 15.6 Å². The van der Waals surface area contributed by atoms with Crippen LogP contribution in [0.5, 0.6) is 0 Å². The molecule has 1 heterocycles. The Labute approximate surface area is 121 Å². The van der Waals surface area contributed by atoms with Crippen molar-refractivity contribution in [1.82, 2.24) is 10.1 Å². The van der Waals surface area contributed by atoms with Gasteiger partial charge in [-0.15, -0.1) is 0 Å². The summed E-state index contributed by atoms with van der Waals surface area (Å²) in [5.74, 6) is 1.17. The first-order chi connectivity index (χ1) is 8.97. The van der Waals surface area contributed by atoms with E-state index in [2.05, 4.69) is 26.1 Å². The summed E-state index contributed by atoms with van der Waals surface area (Å²) in [6.07, 6.45) is -0.0801. The number of hydrogen-bond acceptors (Lipinski definition) is 4. The van der Waals surface area contributed by atoms with E-state index in [0.29, 0.717) is 18.1 Å². The maximum atomic E-state index is 9.81. The summed E-state index contributed by atoms with van der Waals surface area (Å²) >= 11 is 3.50. The van der Waals surface area contributed by atoms with E-state index in [1.165, 1.54) is 0 Å². The molecule has 0 aliphatic carbocycles. The highest BCUT2D eigenvalue weighted by atomic mass is 79.9. The summed E-state index contributed by atoms with van der Waals surface area (Å²) < 4.78 is 6.12. The van der Waals surface area contributed by atoms with Gasteiger partial charge in [0, 0.05) is 10.0 Å². The third kappa shape index (κ3) is 3.42. The summed E-state index contributed by atoms with van der Waals surface area (Å²) in [7, 11) is 0. The normalized spacial score (nSPS) is 12.9. The molecule has 0 saturated heterocycles. The molecule has 0 aliphatic rings. The molecule has 0 saturated carbocycles. The molecule has 2 aromatic rings. The standard InChI is InChI=1S/C14H17BrN2O2/c1-8(2)12(18)7-13-16-14(17-19-13)10-5-4-9(3)6-11(10)15/h4-6,8,12,18H,7H2,1-3H3. The summed E-state index contributed by atoms with van der Waals surface area (Å²) in [6, 6.07) is 5.96. The van der Waals surface area contributed by atoms with E-state index in [-0.39, 0.29) is 5.92 Å². The minimum Gasteiger partial charge on any atom is -0.392 e. The van der Waals surface area contributed by atoms with Gasteiger partial charge in [-0.25, -0.2) is 0 Å². The second-order valence-corrected chi connectivity index (χ2v) is 5.86. The Morgan fingerprint density at radius 2 is 2.11 bits per heavy atom. The van der Waals surface area contributed by atoms with E-state index in [4.69, 9.17) is 4.52 Å². The van der Waals surface area contributed by atoms with Crippen LogP contribution in [0.2, 0.25) is 0 Å². The Hall–Kier alpha value is -1.20. The Kier molecular flexibility index (Phi) is 4.37. The SMILES string of the molecule is Cc1ccc(-c2noc(CC(O)C(C)C)n2)c(Br)c1. The minimum atomic E-state index is -0.463. The second-order valence-electron chi connectivity index (χ2n) is 5.01. The average Bonchev–Trinajstić information content (AvgIpc) is 2.77. The Morgan fingerprint density at radius 1 is 1.37 bits per heavy atom. The molecule has 0 spiro atoms. The van der Waals surface area contributed by atoms with Gasteiger partial charge in [-0.2, -0.15) is 4.98 Å². The zero-order valence-electron chi connectivity index (χ0n) is 11.2. The number of nitrogens with zero attached hydrogens (tertiary/aromatic N) is 2. The van der Waals surface area contributed by atoms with Crippen LogP contribution in [0.25, 0.3) is 11.4 Å². The first kappa shape index (κ1) is 14.2. The fourth-order valence-electron chi connectivity index (χ4n) is 1.66. The molecule has 0 aliphatic heterocycles. The van der Waals surface area contributed by atoms with E-state index >= 15 is 0 Å². The predicted molar refractivity (Wildman–Crippen MR) is 76.7 cm³/mol. The number of aryl methyl sites for hydroxylation is 1. The van der Waals surface area contributed by atoms with E-state index in [1.54, 1.807) is 0 Å². The van der Waals surface area contributed by atoms with Crippen molar-refractivity contribution in [3.63, 3.8) is 0 Å². The van der Waals surface area contributed by atoms with Crippen LogP contribution >= 0.6 is 15.9 Å². The molecule has 1 unspecified atom stereocenters. The van der Waals surface area contributed by atoms with Gasteiger partial charge in [0.25, 0.3) is 0 Å². The van der Waals surface area contributed by atoms with E-state index < -0.39 is 6.10 Å². The van der Waals surface area contributed by atoms with Gasteiger partial charge in [-0.3, -0.25) is 0 Å². The number of halogens is 1. The molecule has 0 bridgehead atoms. The van der Waals surface area contributed by atoms with Crippen LogP contribution in [0.4, 0.5) is 0 Å². The molecule has 5 heteroatoms. The maximum Gasteiger partial charge on any atom is 0.229 e. The van der Waals surface area contributed by atoms with Crippen molar-refractivity contribution in [3.8, 4) is 11.4 Å². The largest absolute Gasteiger partial charge is 0.392 e. The van der Waals surface area contributed by atoms with Crippen LogP contribution in [-0.4, -0.2) is 21.4 Å². The lowest BCUT2D eigenvalue weighted by atomic mass is 10.0. The lowest BCUT2D eigenvalue weighted by Crippen LogP contribution is -2.17. The number of hydrogen-bond donors (Lipinski definition) is 1.